The van der Waals surface area contributed by atoms with E-state index >= 15 is 0 Å². The number of aliphatic hydroxyl groups is 1. The van der Waals surface area contributed by atoms with E-state index in [9.17, 15) is 9.90 Å². The van der Waals surface area contributed by atoms with Crippen molar-refractivity contribution in [2.45, 2.75) is 37.6 Å². The van der Waals surface area contributed by atoms with E-state index in [0.717, 1.165) is 25.7 Å². The van der Waals surface area contributed by atoms with E-state index in [1.807, 2.05) is 0 Å². The number of amides is 1. The van der Waals surface area contributed by atoms with Gasteiger partial charge in [0.1, 0.15) is 0 Å². The van der Waals surface area contributed by atoms with Crippen molar-refractivity contribution >= 4 is 29.1 Å². The molecule has 0 saturated heterocycles. The zero-order valence-electron chi connectivity index (χ0n) is 10.6. The molecular formula is C14H17Cl2NO2. The summed E-state index contributed by atoms with van der Waals surface area (Å²) in [5.41, 5.74) is 0.180. The highest BCUT2D eigenvalue weighted by molar-refractivity contribution is 6.36. The zero-order valence-corrected chi connectivity index (χ0v) is 12.1. The van der Waals surface area contributed by atoms with Gasteiger partial charge in [-0.1, -0.05) is 42.1 Å². The molecule has 0 atom stereocenters. The van der Waals surface area contributed by atoms with E-state index in [0.29, 0.717) is 15.6 Å². The SMILES string of the molecule is O=C(Cc1c(Cl)cccc1Cl)NC1(CO)CCCC1. The third kappa shape index (κ3) is 3.41. The second-order valence-electron chi connectivity index (χ2n) is 5.07. The first kappa shape index (κ1) is 14.6. The molecule has 0 bridgehead atoms. The Morgan fingerprint density at radius 2 is 1.84 bits per heavy atom. The fraction of sp³-hybridized carbons (Fsp3) is 0.500. The van der Waals surface area contributed by atoms with Gasteiger partial charge in [0.15, 0.2) is 0 Å². The molecule has 19 heavy (non-hydrogen) atoms. The van der Waals surface area contributed by atoms with Gasteiger partial charge >= 0.3 is 0 Å². The van der Waals surface area contributed by atoms with Gasteiger partial charge in [0.25, 0.3) is 0 Å². The Balaban J connectivity index is 2.05. The number of carbonyl (C=O) groups excluding carboxylic acids is 1. The maximum absolute atomic E-state index is 12.1. The molecular weight excluding hydrogens is 285 g/mol. The largest absolute Gasteiger partial charge is 0.394 e. The predicted molar refractivity (Wildman–Crippen MR) is 76.6 cm³/mol. The fourth-order valence-corrected chi connectivity index (χ4v) is 3.11. The molecule has 5 heteroatoms. The lowest BCUT2D eigenvalue weighted by molar-refractivity contribution is -0.122. The highest BCUT2D eigenvalue weighted by atomic mass is 35.5. The molecule has 1 aromatic carbocycles. The number of hydrogen-bond acceptors (Lipinski definition) is 2. The van der Waals surface area contributed by atoms with Crippen LogP contribution in [0, 0.1) is 0 Å². The molecule has 0 heterocycles. The van der Waals surface area contributed by atoms with Crippen molar-refractivity contribution in [3.8, 4) is 0 Å². The number of rotatable bonds is 4. The molecule has 1 saturated carbocycles. The Morgan fingerprint density at radius 1 is 1.26 bits per heavy atom. The molecule has 1 aliphatic rings. The molecule has 1 aromatic rings. The summed E-state index contributed by atoms with van der Waals surface area (Å²) < 4.78 is 0. The van der Waals surface area contributed by atoms with Gasteiger partial charge in [-0.2, -0.15) is 0 Å². The first-order chi connectivity index (χ1) is 9.06. The van der Waals surface area contributed by atoms with Crippen molar-refractivity contribution in [3.05, 3.63) is 33.8 Å². The minimum Gasteiger partial charge on any atom is -0.394 e. The van der Waals surface area contributed by atoms with E-state index in [2.05, 4.69) is 5.32 Å². The van der Waals surface area contributed by atoms with Crippen LogP contribution in [-0.2, 0) is 11.2 Å². The van der Waals surface area contributed by atoms with Gasteiger partial charge < -0.3 is 10.4 Å². The highest BCUT2D eigenvalue weighted by Crippen LogP contribution is 2.30. The number of halogens is 2. The summed E-state index contributed by atoms with van der Waals surface area (Å²) in [6.07, 6.45) is 3.86. The van der Waals surface area contributed by atoms with Crippen molar-refractivity contribution in [2.75, 3.05) is 6.61 Å². The van der Waals surface area contributed by atoms with Crippen LogP contribution < -0.4 is 5.32 Å². The molecule has 0 aliphatic heterocycles. The summed E-state index contributed by atoms with van der Waals surface area (Å²) in [4.78, 5) is 12.1. The van der Waals surface area contributed by atoms with Crippen LogP contribution in [0.25, 0.3) is 0 Å². The number of benzene rings is 1. The van der Waals surface area contributed by atoms with Gasteiger partial charge in [-0.25, -0.2) is 0 Å². The summed E-state index contributed by atoms with van der Waals surface area (Å²) in [5, 5.41) is 13.4. The third-order valence-corrected chi connectivity index (χ3v) is 4.38. The summed E-state index contributed by atoms with van der Waals surface area (Å²) in [6.45, 7) is -0.0189. The minimum absolute atomic E-state index is 0.0189. The lowest BCUT2D eigenvalue weighted by Crippen LogP contribution is -2.49. The zero-order chi connectivity index (χ0) is 13.9. The van der Waals surface area contributed by atoms with E-state index in [1.165, 1.54) is 0 Å². The lowest BCUT2D eigenvalue weighted by atomic mass is 9.98. The Hall–Kier alpha value is -0.770. The Kier molecular flexibility index (Phi) is 4.71. The van der Waals surface area contributed by atoms with Crippen molar-refractivity contribution in [3.63, 3.8) is 0 Å². The van der Waals surface area contributed by atoms with Gasteiger partial charge in [-0.15, -0.1) is 0 Å². The van der Waals surface area contributed by atoms with Crippen LogP contribution in [-0.4, -0.2) is 23.2 Å². The molecule has 1 fully saturated rings. The molecule has 2 rings (SSSR count). The van der Waals surface area contributed by atoms with Crippen LogP contribution in [0.4, 0.5) is 0 Å². The average Bonchev–Trinajstić information content (AvgIpc) is 2.83. The predicted octanol–water partition coefficient (Wildman–Crippen LogP) is 2.96. The van der Waals surface area contributed by atoms with Crippen LogP contribution in [0.2, 0.25) is 10.0 Å². The summed E-state index contributed by atoms with van der Waals surface area (Å²) in [5.74, 6) is -0.147. The van der Waals surface area contributed by atoms with E-state index in [1.54, 1.807) is 18.2 Å². The molecule has 0 radical (unpaired) electrons. The molecule has 1 aliphatic carbocycles. The van der Waals surface area contributed by atoms with Crippen molar-refractivity contribution in [1.82, 2.24) is 5.32 Å². The molecule has 1 amide bonds. The Morgan fingerprint density at radius 3 is 2.37 bits per heavy atom. The molecule has 0 unspecified atom stereocenters. The monoisotopic (exact) mass is 301 g/mol. The fourth-order valence-electron chi connectivity index (χ4n) is 2.58. The van der Waals surface area contributed by atoms with Crippen LogP contribution >= 0.6 is 23.2 Å². The first-order valence-electron chi connectivity index (χ1n) is 6.41. The van der Waals surface area contributed by atoms with Crippen LogP contribution in [0.5, 0.6) is 0 Å². The summed E-state index contributed by atoms with van der Waals surface area (Å²) in [7, 11) is 0. The second-order valence-corrected chi connectivity index (χ2v) is 5.89. The minimum atomic E-state index is -0.454. The standard InChI is InChI=1S/C14H17Cl2NO2/c15-11-4-3-5-12(16)10(11)8-13(19)17-14(9-18)6-1-2-7-14/h3-5,18H,1-2,6-9H2,(H,17,19). The lowest BCUT2D eigenvalue weighted by Gasteiger charge is -2.28. The van der Waals surface area contributed by atoms with Crippen molar-refractivity contribution in [1.29, 1.82) is 0 Å². The van der Waals surface area contributed by atoms with Gasteiger partial charge in [0, 0.05) is 10.0 Å². The van der Waals surface area contributed by atoms with Crippen LogP contribution in [0.15, 0.2) is 18.2 Å². The number of hydrogen-bond donors (Lipinski definition) is 2. The van der Waals surface area contributed by atoms with Gasteiger partial charge in [0.2, 0.25) is 5.91 Å². The maximum Gasteiger partial charge on any atom is 0.225 e. The summed E-state index contributed by atoms with van der Waals surface area (Å²) >= 11 is 12.1. The first-order valence-corrected chi connectivity index (χ1v) is 7.17. The van der Waals surface area contributed by atoms with E-state index in [4.69, 9.17) is 23.2 Å². The third-order valence-electron chi connectivity index (χ3n) is 3.67. The highest BCUT2D eigenvalue weighted by Gasteiger charge is 2.34. The normalized spacial score (nSPS) is 17.4. The van der Waals surface area contributed by atoms with Gasteiger partial charge in [-0.05, 0) is 30.5 Å². The quantitative estimate of drug-likeness (QED) is 0.898. The number of aliphatic hydroxyl groups excluding tert-OH is 1. The van der Waals surface area contributed by atoms with Crippen molar-refractivity contribution in [2.24, 2.45) is 0 Å². The van der Waals surface area contributed by atoms with Gasteiger partial charge in [0.05, 0.1) is 18.6 Å². The van der Waals surface area contributed by atoms with E-state index in [-0.39, 0.29) is 18.9 Å². The Labute approximate surface area is 122 Å². The topological polar surface area (TPSA) is 49.3 Å². The van der Waals surface area contributed by atoms with Crippen molar-refractivity contribution < 1.29 is 9.90 Å². The molecule has 0 spiro atoms. The summed E-state index contributed by atoms with van der Waals surface area (Å²) in [6, 6.07) is 5.18. The van der Waals surface area contributed by atoms with E-state index < -0.39 is 5.54 Å². The average molecular weight is 302 g/mol. The second kappa shape index (κ2) is 6.12. The number of carbonyl (C=O) groups is 1. The van der Waals surface area contributed by atoms with Gasteiger partial charge in [-0.3, -0.25) is 4.79 Å². The Bertz CT molecular complexity index is 450. The molecule has 0 aromatic heterocycles. The number of nitrogens with one attached hydrogen (secondary N) is 1. The maximum atomic E-state index is 12.1. The molecule has 104 valence electrons. The molecule has 2 N–H and O–H groups in total. The smallest absolute Gasteiger partial charge is 0.225 e. The molecule has 3 nitrogen and oxygen atoms in total. The van der Waals surface area contributed by atoms with Crippen LogP contribution in [0.3, 0.4) is 0 Å². The van der Waals surface area contributed by atoms with Crippen LogP contribution in [0.1, 0.15) is 31.2 Å².